The summed E-state index contributed by atoms with van der Waals surface area (Å²) < 4.78 is 12.6. The predicted molar refractivity (Wildman–Crippen MR) is 84.7 cm³/mol. The molecule has 7 nitrogen and oxygen atoms in total. The molecule has 24 heavy (non-hydrogen) atoms. The molecule has 1 fully saturated rings. The fourth-order valence-corrected chi connectivity index (χ4v) is 2.85. The van der Waals surface area contributed by atoms with Crippen LogP contribution in [0.25, 0.3) is 5.69 Å². The summed E-state index contributed by atoms with van der Waals surface area (Å²) in [6.07, 6.45) is 2.99. The molecule has 1 aliphatic rings. The molecule has 1 saturated heterocycles. The number of rotatable bonds is 3. The van der Waals surface area contributed by atoms with E-state index in [1.807, 2.05) is 30.3 Å². The van der Waals surface area contributed by atoms with Crippen LogP contribution in [-0.4, -0.2) is 45.3 Å². The second-order valence-corrected chi connectivity index (χ2v) is 5.43. The van der Waals surface area contributed by atoms with Crippen molar-refractivity contribution in [1.82, 2.24) is 19.7 Å². The fraction of sp³-hybridized carbons (Fsp3) is 0.235. The molecule has 0 saturated carbocycles. The highest BCUT2D eigenvalue weighted by atomic mass is 16.5. The van der Waals surface area contributed by atoms with Gasteiger partial charge in [-0.3, -0.25) is 4.79 Å². The molecule has 3 heterocycles. The van der Waals surface area contributed by atoms with E-state index in [4.69, 9.17) is 9.15 Å². The molecule has 7 heteroatoms. The Labute approximate surface area is 138 Å². The molecular weight excluding hydrogens is 308 g/mol. The van der Waals surface area contributed by atoms with Crippen LogP contribution >= 0.6 is 0 Å². The Bertz CT molecular complexity index is 814. The Morgan fingerprint density at radius 2 is 2.04 bits per heavy atom. The first-order valence-corrected chi connectivity index (χ1v) is 7.72. The van der Waals surface area contributed by atoms with Crippen molar-refractivity contribution in [2.24, 2.45) is 0 Å². The van der Waals surface area contributed by atoms with Crippen molar-refractivity contribution in [3.8, 4) is 5.69 Å². The summed E-state index contributed by atoms with van der Waals surface area (Å²) >= 11 is 0. The molecule has 1 aliphatic heterocycles. The van der Waals surface area contributed by atoms with Gasteiger partial charge in [0.2, 0.25) is 0 Å². The highest BCUT2D eigenvalue weighted by Gasteiger charge is 2.33. The fourth-order valence-electron chi connectivity index (χ4n) is 2.85. The van der Waals surface area contributed by atoms with Crippen molar-refractivity contribution < 1.29 is 13.9 Å². The normalized spacial score (nSPS) is 17.8. The van der Waals surface area contributed by atoms with Crippen LogP contribution in [-0.2, 0) is 4.74 Å². The number of morpholine rings is 1. The van der Waals surface area contributed by atoms with Gasteiger partial charge in [-0.2, -0.15) is 5.10 Å². The Kier molecular flexibility index (Phi) is 3.84. The van der Waals surface area contributed by atoms with Gasteiger partial charge in [-0.15, -0.1) is 0 Å². The maximum Gasteiger partial charge on any atom is 0.290 e. The van der Waals surface area contributed by atoms with Gasteiger partial charge >= 0.3 is 0 Å². The van der Waals surface area contributed by atoms with Crippen LogP contribution in [0, 0.1) is 0 Å². The molecule has 4 rings (SSSR count). The molecule has 2 aromatic heterocycles. The zero-order valence-electron chi connectivity index (χ0n) is 12.9. The zero-order chi connectivity index (χ0) is 16.4. The van der Waals surface area contributed by atoms with Gasteiger partial charge in [-0.1, -0.05) is 18.2 Å². The van der Waals surface area contributed by atoms with Gasteiger partial charge in [0.05, 0.1) is 25.2 Å². The van der Waals surface area contributed by atoms with E-state index in [0.717, 1.165) is 5.69 Å². The number of ether oxygens (including phenoxy) is 1. The lowest BCUT2D eigenvalue weighted by atomic mass is 10.2. The maximum atomic E-state index is 12.7. The number of nitrogens with zero attached hydrogens (tertiary/aromatic N) is 4. The first-order chi connectivity index (χ1) is 11.8. The number of para-hydroxylation sites is 1. The van der Waals surface area contributed by atoms with Crippen LogP contribution in [0.15, 0.2) is 59.5 Å². The van der Waals surface area contributed by atoms with Crippen molar-refractivity contribution in [2.75, 3.05) is 19.8 Å². The van der Waals surface area contributed by atoms with Gasteiger partial charge in [0.1, 0.15) is 12.4 Å². The highest BCUT2D eigenvalue weighted by molar-refractivity contribution is 5.91. The van der Waals surface area contributed by atoms with Crippen LogP contribution in [0.1, 0.15) is 22.4 Å². The summed E-state index contributed by atoms with van der Waals surface area (Å²) in [6, 6.07) is 12.7. The quantitative estimate of drug-likeness (QED) is 0.737. The largest absolute Gasteiger partial charge is 0.459 e. The number of carbonyl (C=O) groups is 1. The van der Waals surface area contributed by atoms with Gasteiger partial charge < -0.3 is 14.1 Å². The molecule has 3 aromatic rings. The number of hydrogen-bond acceptors (Lipinski definition) is 5. The van der Waals surface area contributed by atoms with Crippen molar-refractivity contribution >= 4 is 5.91 Å². The second-order valence-electron chi connectivity index (χ2n) is 5.43. The molecule has 0 bridgehead atoms. The number of carbonyl (C=O) groups excluding carboxylic acids is 1. The van der Waals surface area contributed by atoms with Crippen molar-refractivity contribution in [3.63, 3.8) is 0 Å². The molecule has 122 valence electrons. The lowest BCUT2D eigenvalue weighted by molar-refractivity contribution is -0.00731. The van der Waals surface area contributed by atoms with Gasteiger partial charge in [0.15, 0.2) is 11.6 Å². The lowest BCUT2D eigenvalue weighted by Crippen LogP contribution is -2.44. The van der Waals surface area contributed by atoms with E-state index in [0.29, 0.717) is 31.3 Å². The molecule has 1 atom stereocenters. The van der Waals surface area contributed by atoms with E-state index in [2.05, 4.69) is 10.1 Å². The van der Waals surface area contributed by atoms with Gasteiger partial charge in [-0.05, 0) is 24.3 Å². The standard InChI is InChI=1S/C17H16N4O3/c22-17(15-7-4-9-24-15)20-8-10-23-11-14(20)16-18-12-19-21(16)13-5-2-1-3-6-13/h1-7,9,12,14H,8,10-11H2/t14-/m1/s1. The third kappa shape index (κ3) is 2.59. The summed E-state index contributed by atoms with van der Waals surface area (Å²) in [7, 11) is 0. The highest BCUT2D eigenvalue weighted by Crippen LogP contribution is 2.26. The Morgan fingerprint density at radius 1 is 1.17 bits per heavy atom. The van der Waals surface area contributed by atoms with Crippen LogP contribution in [0.3, 0.4) is 0 Å². The average Bonchev–Trinajstić information content (AvgIpc) is 3.33. The van der Waals surface area contributed by atoms with E-state index in [-0.39, 0.29) is 11.9 Å². The first-order valence-electron chi connectivity index (χ1n) is 7.72. The number of hydrogen-bond donors (Lipinski definition) is 0. The number of furan rings is 1. The summed E-state index contributed by atoms with van der Waals surface area (Å²) in [4.78, 5) is 18.8. The second kappa shape index (κ2) is 6.29. The van der Waals surface area contributed by atoms with E-state index in [1.54, 1.807) is 21.7 Å². The number of benzene rings is 1. The minimum absolute atomic E-state index is 0.170. The molecule has 0 spiro atoms. The number of aromatic nitrogens is 3. The summed E-state index contributed by atoms with van der Waals surface area (Å²) in [5.74, 6) is 0.810. The molecule has 0 radical (unpaired) electrons. The summed E-state index contributed by atoms with van der Waals surface area (Å²) in [5, 5.41) is 4.31. The molecule has 1 aromatic carbocycles. The maximum absolute atomic E-state index is 12.7. The van der Waals surface area contributed by atoms with E-state index >= 15 is 0 Å². The SMILES string of the molecule is O=C(c1ccco1)N1CCOC[C@@H]1c1ncnn1-c1ccccc1. The van der Waals surface area contributed by atoms with Crippen LogP contribution in [0.2, 0.25) is 0 Å². The molecular formula is C17H16N4O3. The smallest absolute Gasteiger partial charge is 0.290 e. The minimum Gasteiger partial charge on any atom is -0.459 e. The molecule has 1 amide bonds. The third-order valence-electron chi connectivity index (χ3n) is 3.99. The molecule has 0 aliphatic carbocycles. The summed E-state index contributed by atoms with van der Waals surface area (Å²) in [6.45, 7) is 1.34. The average molecular weight is 324 g/mol. The van der Waals surface area contributed by atoms with E-state index < -0.39 is 0 Å². The van der Waals surface area contributed by atoms with Gasteiger partial charge in [0.25, 0.3) is 5.91 Å². The van der Waals surface area contributed by atoms with Crippen LogP contribution < -0.4 is 0 Å². The molecule has 0 unspecified atom stereocenters. The van der Waals surface area contributed by atoms with Gasteiger partial charge in [-0.25, -0.2) is 9.67 Å². The first kappa shape index (κ1) is 14.6. The molecule has 0 N–H and O–H groups in total. The Balaban J connectivity index is 1.70. The Hall–Kier alpha value is -2.93. The van der Waals surface area contributed by atoms with E-state index in [9.17, 15) is 4.79 Å². The van der Waals surface area contributed by atoms with Crippen molar-refractivity contribution in [3.05, 3.63) is 66.6 Å². The van der Waals surface area contributed by atoms with Crippen molar-refractivity contribution in [2.45, 2.75) is 6.04 Å². The minimum atomic E-state index is -0.320. The monoisotopic (exact) mass is 324 g/mol. The topological polar surface area (TPSA) is 73.4 Å². The van der Waals surface area contributed by atoms with Crippen molar-refractivity contribution in [1.29, 1.82) is 0 Å². The van der Waals surface area contributed by atoms with E-state index in [1.165, 1.54) is 12.6 Å². The number of amides is 1. The zero-order valence-corrected chi connectivity index (χ0v) is 12.9. The van der Waals surface area contributed by atoms with Crippen LogP contribution in [0.5, 0.6) is 0 Å². The summed E-state index contributed by atoms with van der Waals surface area (Å²) in [5.41, 5.74) is 0.890. The lowest BCUT2D eigenvalue weighted by Gasteiger charge is -2.34. The van der Waals surface area contributed by atoms with Gasteiger partial charge in [0, 0.05) is 6.54 Å². The predicted octanol–water partition coefficient (Wildman–Crippen LogP) is 2.07. The van der Waals surface area contributed by atoms with Crippen LogP contribution in [0.4, 0.5) is 0 Å². The Morgan fingerprint density at radius 3 is 2.83 bits per heavy atom. The third-order valence-corrected chi connectivity index (χ3v) is 3.99.